The van der Waals surface area contributed by atoms with Crippen molar-refractivity contribution in [3.8, 4) is 0 Å². The fraction of sp³-hybridized carbons (Fsp3) is 0.800. The SMILES string of the molecule is CCn1ncnc1CC1(C)CCCN1. The van der Waals surface area contributed by atoms with Crippen molar-refractivity contribution in [1.29, 1.82) is 0 Å². The van der Waals surface area contributed by atoms with Gasteiger partial charge in [-0.1, -0.05) is 0 Å². The van der Waals surface area contributed by atoms with Gasteiger partial charge in [-0.05, 0) is 33.2 Å². The van der Waals surface area contributed by atoms with Crippen molar-refractivity contribution in [2.75, 3.05) is 6.54 Å². The first-order chi connectivity index (χ1) is 6.73. The molecule has 1 N–H and O–H groups in total. The summed E-state index contributed by atoms with van der Waals surface area (Å²) < 4.78 is 1.98. The van der Waals surface area contributed by atoms with E-state index in [4.69, 9.17) is 0 Å². The number of hydrogen-bond acceptors (Lipinski definition) is 3. The first-order valence-corrected chi connectivity index (χ1v) is 5.35. The Bertz CT molecular complexity index is 299. The largest absolute Gasteiger partial charge is 0.311 e. The number of aryl methyl sites for hydroxylation is 1. The van der Waals surface area contributed by atoms with Crippen molar-refractivity contribution in [3.63, 3.8) is 0 Å². The molecule has 2 heterocycles. The van der Waals surface area contributed by atoms with Gasteiger partial charge in [0.15, 0.2) is 0 Å². The third-order valence-corrected chi connectivity index (χ3v) is 3.00. The van der Waals surface area contributed by atoms with E-state index in [1.165, 1.54) is 12.8 Å². The molecule has 0 radical (unpaired) electrons. The summed E-state index contributed by atoms with van der Waals surface area (Å²) in [6, 6.07) is 0. The highest BCUT2D eigenvalue weighted by Crippen LogP contribution is 2.22. The van der Waals surface area contributed by atoms with E-state index in [0.29, 0.717) is 0 Å². The monoisotopic (exact) mass is 194 g/mol. The average molecular weight is 194 g/mol. The molecule has 1 aliphatic heterocycles. The zero-order chi connectivity index (χ0) is 10.0. The maximum absolute atomic E-state index is 4.31. The van der Waals surface area contributed by atoms with Crippen LogP contribution in [0.3, 0.4) is 0 Å². The normalized spacial score (nSPS) is 27.0. The molecule has 4 heteroatoms. The smallest absolute Gasteiger partial charge is 0.138 e. The summed E-state index contributed by atoms with van der Waals surface area (Å²) in [4.78, 5) is 4.31. The van der Waals surface area contributed by atoms with Crippen LogP contribution in [-0.4, -0.2) is 26.8 Å². The number of hydrogen-bond donors (Lipinski definition) is 1. The van der Waals surface area contributed by atoms with Crippen LogP contribution in [0.2, 0.25) is 0 Å². The Hall–Kier alpha value is -0.900. The summed E-state index contributed by atoms with van der Waals surface area (Å²) in [6.07, 6.45) is 5.15. The van der Waals surface area contributed by atoms with E-state index in [1.54, 1.807) is 6.33 Å². The second kappa shape index (κ2) is 3.69. The molecule has 78 valence electrons. The molecule has 0 aliphatic carbocycles. The quantitative estimate of drug-likeness (QED) is 0.780. The predicted molar refractivity (Wildman–Crippen MR) is 55.0 cm³/mol. The van der Waals surface area contributed by atoms with Crippen molar-refractivity contribution in [3.05, 3.63) is 12.2 Å². The van der Waals surface area contributed by atoms with E-state index in [1.807, 2.05) is 4.68 Å². The second-order valence-corrected chi connectivity index (χ2v) is 4.26. The van der Waals surface area contributed by atoms with E-state index in [2.05, 4.69) is 29.2 Å². The highest BCUT2D eigenvalue weighted by atomic mass is 15.3. The molecule has 0 spiro atoms. The van der Waals surface area contributed by atoms with Crippen LogP contribution >= 0.6 is 0 Å². The van der Waals surface area contributed by atoms with Crippen molar-refractivity contribution >= 4 is 0 Å². The average Bonchev–Trinajstić information content (AvgIpc) is 2.75. The summed E-state index contributed by atoms with van der Waals surface area (Å²) >= 11 is 0. The van der Waals surface area contributed by atoms with Gasteiger partial charge in [0.1, 0.15) is 12.2 Å². The lowest BCUT2D eigenvalue weighted by Gasteiger charge is -2.23. The predicted octanol–water partition coefficient (Wildman–Crippen LogP) is 0.983. The van der Waals surface area contributed by atoms with Gasteiger partial charge in [-0.2, -0.15) is 5.10 Å². The number of aromatic nitrogens is 3. The van der Waals surface area contributed by atoms with Gasteiger partial charge in [-0.25, -0.2) is 4.98 Å². The molecule has 1 atom stereocenters. The van der Waals surface area contributed by atoms with Crippen LogP contribution in [0.1, 0.15) is 32.5 Å². The first kappa shape index (κ1) is 9.65. The summed E-state index contributed by atoms with van der Waals surface area (Å²) in [6.45, 7) is 6.42. The first-order valence-electron chi connectivity index (χ1n) is 5.35. The lowest BCUT2D eigenvalue weighted by molar-refractivity contribution is 0.393. The summed E-state index contributed by atoms with van der Waals surface area (Å²) in [5.41, 5.74) is 0.236. The van der Waals surface area contributed by atoms with Crippen molar-refractivity contribution < 1.29 is 0 Å². The molecule has 0 saturated carbocycles. The second-order valence-electron chi connectivity index (χ2n) is 4.26. The number of nitrogens with one attached hydrogen (secondary N) is 1. The Morgan fingerprint density at radius 3 is 3.14 bits per heavy atom. The molecule has 14 heavy (non-hydrogen) atoms. The molecule has 1 saturated heterocycles. The van der Waals surface area contributed by atoms with E-state index >= 15 is 0 Å². The molecule has 0 bridgehead atoms. The van der Waals surface area contributed by atoms with Gasteiger partial charge < -0.3 is 5.32 Å². The molecule has 1 aromatic rings. The van der Waals surface area contributed by atoms with Gasteiger partial charge in [-0.15, -0.1) is 0 Å². The Kier molecular flexibility index (Phi) is 2.54. The van der Waals surface area contributed by atoms with Gasteiger partial charge in [0.2, 0.25) is 0 Å². The molecule has 0 aromatic carbocycles. The minimum Gasteiger partial charge on any atom is -0.311 e. The highest BCUT2D eigenvalue weighted by Gasteiger charge is 2.29. The van der Waals surface area contributed by atoms with E-state index in [9.17, 15) is 0 Å². The zero-order valence-electron chi connectivity index (χ0n) is 8.95. The molecule has 0 amide bonds. The molecule has 1 unspecified atom stereocenters. The van der Waals surface area contributed by atoms with Crippen LogP contribution in [0.4, 0.5) is 0 Å². The Morgan fingerprint density at radius 2 is 2.50 bits per heavy atom. The summed E-state index contributed by atoms with van der Waals surface area (Å²) in [5.74, 6) is 1.10. The maximum atomic E-state index is 4.31. The summed E-state index contributed by atoms with van der Waals surface area (Å²) in [7, 11) is 0. The molecule has 4 nitrogen and oxygen atoms in total. The van der Waals surface area contributed by atoms with Crippen LogP contribution in [0, 0.1) is 0 Å². The minimum atomic E-state index is 0.236. The number of rotatable bonds is 3. The topological polar surface area (TPSA) is 42.7 Å². The molecular weight excluding hydrogens is 176 g/mol. The van der Waals surface area contributed by atoms with E-state index < -0.39 is 0 Å². The van der Waals surface area contributed by atoms with Gasteiger partial charge >= 0.3 is 0 Å². The summed E-state index contributed by atoms with van der Waals surface area (Å²) in [5, 5.41) is 7.73. The van der Waals surface area contributed by atoms with Crippen LogP contribution in [-0.2, 0) is 13.0 Å². The van der Waals surface area contributed by atoms with Crippen LogP contribution < -0.4 is 5.32 Å². The van der Waals surface area contributed by atoms with Gasteiger partial charge in [0.25, 0.3) is 0 Å². The van der Waals surface area contributed by atoms with E-state index in [-0.39, 0.29) is 5.54 Å². The van der Waals surface area contributed by atoms with Gasteiger partial charge in [0, 0.05) is 18.5 Å². The third kappa shape index (κ3) is 1.80. The Balaban J connectivity index is 2.09. The minimum absolute atomic E-state index is 0.236. The van der Waals surface area contributed by atoms with Crippen molar-refractivity contribution in [2.45, 2.75) is 45.2 Å². The van der Waals surface area contributed by atoms with Crippen LogP contribution in [0.15, 0.2) is 6.33 Å². The third-order valence-electron chi connectivity index (χ3n) is 3.00. The Labute approximate surface area is 84.7 Å². The molecule has 1 fully saturated rings. The van der Waals surface area contributed by atoms with Crippen molar-refractivity contribution in [1.82, 2.24) is 20.1 Å². The highest BCUT2D eigenvalue weighted by molar-refractivity contribution is 4.99. The van der Waals surface area contributed by atoms with Gasteiger partial charge in [0.05, 0.1) is 0 Å². The van der Waals surface area contributed by atoms with Crippen LogP contribution in [0.5, 0.6) is 0 Å². The fourth-order valence-corrected chi connectivity index (χ4v) is 2.15. The lowest BCUT2D eigenvalue weighted by Crippen LogP contribution is -2.39. The maximum Gasteiger partial charge on any atom is 0.138 e. The molecule has 2 rings (SSSR count). The zero-order valence-corrected chi connectivity index (χ0v) is 8.95. The molecule has 1 aliphatic rings. The van der Waals surface area contributed by atoms with Crippen molar-refractivity contribution in [2.24, 2.45) is 0 Å². The van der Waals surface area contributed by atoms with Crippen LogP contribution in [0.25, 0.3) is 0 Å². The van der Waals surface area contributed by atoms with Gasteiger partial charge in [-0.3, -0.25) is 4.68 Å². The Morgan fingerprint density at radius 1 is 1.64 bits per heavy atom. The standard InChI is InChI=1S/C10H18N4/c1-3-14-9(11-8-13-14)7-10(2)5-4-6-12-10/h8,12H,3-7H2,1-2H3. The molecular formula is C10H18N4. The lowest BCUT2D eigenvalue weighted by atomic mass is 9.96. The fourth-order valence-electron chi connectivity index (χ4n) is 2.15. The van der Waals surface area contributed by atoms with E-state index in [0.717, 1.165) is 25.3 Å². The molecule has 1 aromatic heterocycles. The number of nitrogens with zero attached hydrogens (tertiary/aromatic N) is 3.